The second-order valence-corrected chi connectivity index (χ2v) is 7.00. The largest absolute Gasteiger partial charge is 0.378 e. The minimum Gasteiger partial charge on any atom is -0.378 e. The van der Waals surface area contributed by atoms with E-state index in [2.05, 4.69) is 0 Å². The van der Waals surface area contributed by atoms with E-state index < -0.39 is 12.2 Å². The van der Waals surface area contributed by atoms with Crippen LogP contribution in [0.4, 0.5) is 0 Å². The average molecular weight is 485 g/mol. The average Bonchev–Trinajstić information content (AvgIpc) is 2.82. The standard InChI is InChI=1S/C21H48N4O8/c1-19(31-15-12-27-7-3-23)21(33-17-14-29-9-5-25)20(32-16-13-28-8-4-24)18-30-11-10-26-6-2-22/h19-21H,2-18,22-25H2,1H3. The third-order valence-corrected chi connectivity index (χ3v) is 4.24. The van der Waals surface area contributed by atoms with Crippen molar-refractivity contribution in [3.05, 3.63) is 0 Å². The Hall–Kier alpha value is -0.480. The molecule has 200 valence electrons. The lowest BCUT2D eigenvalue weighted by Crippen LogP contribution is -2.45. The first-order valence-electron chi connectivity index (χ1n) is 11.7. The Morgan fingerprint density at radius 1 is 0.455 bits per heavy atom. The van der Waals surface area contributed by atoms with Crippen LogP contribution in [0.5, 0.6) is 0 Å². The van der Waals surface area contributed by atoms with Gasteiger partial charge in [0.15, 0.2) is 0 Å². The highest BCUT2D eigenvalue weighted by Gasteiger charge is 2.30. The smallest absolute Gasteiger partial charge is 0.112 e. The maximum atomic E-state index is 6.10. The van der Waals surface area contributed by atoms with Crippen LogP contribution < -0.4 is 22.9 Å². The summed E-state index contributed by atoms with van der Waals surface area (Å²) in [7, 11) is 0. The SMILES string of the molecule is CC(OCCOCCN)C(OCCOCCN)C(COCCOCCN)OCCOCCN. The van der Waals surface area contributed by atoms with Crippen molar-refractivity contribution < 1.29 is 37.9 Å². The molecule has 0 bridgehead atoms. The zero-order valence-electron chi connectivity index (χ0n) is 20.3. The lowest BCUT2D eigenvalue weighted by atomic mass is 10.1. The molecule has 0 saturated heterocycles. The minimum atomic E-state index is -0.402. The summed E-state index contributed by atoms with van der Waals surface area (Å²) in [5.74, 6) is 0. The molecular weight excluding hydrogens is 436 g/mol. The molecule has 0 radical (unpaired) electrons. The summed E-state index contributed by atoms with van der Waals surface area (Å²) in [4.78, 5) is 0. The van der Waals surface area contributed by atoms with Crippen LogP contribution in [0.25, 0.3) is 0 Å². The highest BCUT2D eigenvalue weighted by molar-refractivity contribution is 4.78. The molecule has 3 atom stereocenters. The lowest BCUT2D eigenvalue weighted by molar-refractivity contribution is -0.164. The highest BCUT2D eigenvalue weighted by atomic mass is 16.6. The Balaban J connectivity index is 4.84. The quantitative estimate of drug-likeness (QED) is 0.0951. The molecule has 12 heteroatoms. The number of rotatable bonds is 27. The molecular formula is C21H48N4O8. The monoisotopic (exact) mass is 484 g/mol. The van der Waals surface area contributed by atoms with Crippen LogP contribution in [0.1, 0.15) is 6.92 Å². The molecule has 0 aliphatic heterocycles. The van der Waals surface area contributed by atoms with Crippen LogP contribution >= 0.6 is 0 Å². The fourth-order valence-corrected chi connectivity index (χ4v) is 2.73. The molecule has 0 heterocycles. The molecule has 12 nitrogen and oxygen atoms in total. The molecule has 0 fully saturated rings. The molecule has 33 heavy (non-hydrogen) atoms. The van der Waals surface area contributed by atoms with E-state index in [4.69, 9.17) is 60.8 Å². The van der Waals surface area contributed by atoms with Crippen molar-refractivity contribution >= 4 is 0 Å². The topological polar surface area (TPSA) is 178 Å². The van der Waals surface area contributed by atoms with Gasteiger partial charge in [0.1, 0.15) is 12.2 Å². The molecule has 0 aliphatic rings. The van der Waals surface area contributed by atoms with E-state index in [0.29, 0.717) is 112 Å². The Kier molecular flexibility index (Phi) is 25.8. The van der Waals surface area contributed by atoms with Gasteiger partial charge >= 0.3 is 0 Å². The molecule has 0 aromatic heterocycles. The van der Waals surface area contributed by atoms with Gasteiger partial charge in [-0.05, 0) is 6.92 Å². The van der Waals surface area contributed by atoms with Crippen LogP contribution in [0.3, 0.4) is 0 Å². The predicted octanol–water partition coefficient (Wildman–Crippen LogP) is -1.92. The Morgan fingerprint density at radius 2 is 0.848 bits per heavy atom. The molecule has 0 aromatic rings. The van der Waals surface area contributed by atoms with E-state index >= 15 is 0 Å². The highest BCUT2D eigenvalue weighted by Crippen LogP contribution is 2.14. The molecule has 0 saturated carbocycles. The second-order valence-electron chi connectivity index (χ2n) is 7.00. The van der Waals surface area contributed by atoms with Crippen LogP contribution in [0.15, 0.2) is 0 Å². The fraction of sp³-hybridized carbons (Fsp3) is 1.00. The Bertz CT molecular complexity index is 388. The number of nitrogens with two attached hydrogens (primary N) is 4. The third-order valence-electron chi connectivity index (χ3n) is 4.24. The van der Waals surface area contributed by atoms with Crippen molar-refractivity contribution in [3.63, 3.8) is 0 Å². The van der Waals surface area contributed by atoms with Gasteiger partial charge in [0.25, 0.3) is 0 Å². The number of ether oxygens (including phenoxy) is 8. The maximum Gasteiger partial charge on any atom is 0.112 e. The summed E-state index contributed by atoms with van der Waals surface area (Å²) in [5.41, 5.74) is 21.8. The van der Waals surface area contributed by atoms with Gasteiger partial charge in [0, 0.05) is 26.2 Å². The minimum absolute atomic E-state index is 0.284. The van der Waals surface area contributed by atoms with Gasteiger partial charge in [-0.15, -0.1) is 0 Å². The van der Waals surface area contributed by atoms with Gasteiger partial charge in [-0.1, -0.05) is 0 Å². The zero-order valence-corrected chi connectivity index (χ0v) is 20.3. The first-order valence-corrected chi connectivity index (χ1v) is 11.7. The molecule has 3 unspecified atom stereocenters. The van der Waals surface area contributed by atoms with Crippen molar-refractivity contribution in [1.29, 1.82) is 0 Å². The van der Waals surface area contributed by atoms with Gasteiger partial charge in [0.05, 0.1) is 92.0 Å². The number of hydrogen-bond acceptors (Lipinski definition) is 12. The maximum absolute atomic E-state index is 6.10. The lowest BCUT2D eigenvalue weighted by Gasteiger charge is -2.32. The van der Waals surface area contributed by atoms with E-state index in [0.717, 1.165) is 0 Å². The summed E-state index contributed by atoms with van der Waals surface area (Å²) in [6.45, 7) is 9.32. The Morgan fingerprint density at radius 3 is 1.33 bits per heavy atom. The van der Waals surface area contributed by atoms with Crippen molar-refractivity contribution in [2.75, 3.05) is 112 Å². The summed E-state index contributed by atoms with van der Waals surface area (Å²) < 4.78 is 45.5. The normalized spacial score (nSPS) is 14.5. The van der Waals surface area contributed by atoms with E-state index in [-0.39, 0.29) is 6.10 Å². The predicted molar refractivity (Wildman–Crippen MR) is 125 cm³/mol. The summed E-state index contributed by atoms with van der Waals surface area (Å²) in [6, 6.07) is 0. The van der Waals surface area contributed by atoms with Crippen LogP contribution in [-0.2, 0) is 37.9 Å². The molecule has 0 aliphatic carbocycles. The van der Waals surface area contributed by atoms with E-state index in [9.17, 15) is 0 Å². The fourth-order valence-electron chi connectivity index (χ4n) is 2.73. The van der Waals surface area contributed by atoms with Gasteiger partial charge in [-0.2, -0.15) is 0 Å². The summed E-state index contributed by atoms with van der Waals surface area (Å²) in [5, 5.41) is 0. The van der Waals surface area contributed by atoms with E-state index in [1.165, 1.54) is 0 Å². The van der Waals surface area contributed by atoms with Crippen molar-refractivity contribution in [2.45, 2.75) is 25.2 Å². The van der Waals surface area contributed by atoms with Gasteiger partial charge in [-0.3, -0.25) is 0 Å². The van der Waals surface area contributed by atoms with Crippen LogP contribution in [0, 0.1) is 0 Å². The van der Waals surface area contributed by atoms with Gasteiger partial charge in [0.2, 0.25) is 0 Å². The van der Waals surface area contributed by atoms with Crippen molar-refractivity contribution in [3.8, 4) is 0 Å². The molecule has 0 spiro atoms. The van der Waals surface area contributed by atoms with E-state index in [1.54, 1.807) is 0 Å². The summed E-state index contributed by atoms with van der Waals surface area (Å²) in [6.07, 6.45) is -1.08. The van der Waals surface area contributed by atoms with Crippen molar-refractivity contribution in [1.82, 2.24) is 0 Å². The molecule has 0 amide bonds. The van der Waals surface area contributed by atoms with Gasteiger partial charge in [-0.25, -0.2) is 0 Å². The first kappa shape index (κ1) is 32.5. The molecule has 8 N–H and O–H groups in total. The van der Waals surface area contributed by atoms with Crippen molar-refractivity contribution in [2.24, 2.45) is 22.9 Å². The first-order chi connectivity index (χ1) is 16.2. The van der Waals surface area contributed by atoms with Gasteiger partial charge < -0.3 is 60.8 Å². The molecule has 0 rings (SSSR count). The third kappa shape index (κ3) is 20.6. The van der Waals surface area contributed by atoms with Crippen LogP contribution in [0.2, 0.25) is 0 Å². The number of hydrogen-bond donors (Lipinski definition) is 4. The molecule has 0 aromatic carbocycles. The zero-order chi connectivity index (χ0) is 24.4. The second kappa shape index (κ2) is 26.1. The van der Waals surface area contributed by atoms with E-state index in [1.807, 2.05) is 6.92 Å². The Labute approximate surface area is 198 Å². The summed E-state index contributed by atoms with van der Waals surface area (Å²) >= 11 is 0. The van der Waals surface area contributed by atoms with Crippen LogP contribution in [-0.4, -0.2) is 130 Å².